The molecule has 6 atom stereocenters. The molecule has 4 rings (SSSR count). The normalized spacial score (nSPS) is 27.0. The van der Waals surface area contributed by atoms with Gasteiger partial charge in [-0.15, -0.1) is 0 Å². The van der Waals surface area contributed by atoms with Crippen molar-refractivity contribution in [3.8, 4) is 0 Å². The second-order valence-corrected chi connectivity index (χ2v) is 10.5. The monoisotopic (exact) mass is 655 g/mol. The van der Waals surface area contributed by atoms with Gasteiger partial charge < -0.3 is 30.4 Å². The second-order valence-electron chi connectivity index (χ2n) is 10.5. The Labute approximate surface area is 254 Å². The number of rotatable bonds is 12. The largest absolute Gasteiger partial charge is 0.465 e. The average molecular weight is 656 g/mol. The lowest BCUT2D eigenvalue weighted by atomic mass is 10.2. The minimum absolute atomic E-state index is 0.0566. The SMILES string of the molecule is CC(=O)OC[C@@H]1[C@@H](CN)C1(F)F.CC(=O)OC[C@@H]1[C@@H](CN=[N+]=[N-])C1(F)F.O=C(NC[C@@H]1[C@@H](CO)C1(F)F)OCc1ccccc1. The van der Waals surface area contributed by atoms with Crippen molar-refractivity contribution in [3.63, 3.8) is 0 Å². The summed E-state index contributed by atoms with van der Waals surface area (Å²) in [6.07, 6.45) is -0.733. The molecule has 0 radical (unpaired) electrons. The number of nitrogens with two attached hydrogens (primary N) is 1. The van der Waals surface area contributed by atoms with Crippen LogP contribution in [0.2, 0.25) is 0 Å². The molecule has 252 valence electrons. The van der Waals surface area contributed by atoms with E-state index in [1.54, 1.807) is 12.1 Å². The quantitative estimate of drug-likeness (QED) is 0.0755. The van der Waals surface area contributed by atoms with Crippen molar-refractivity contribution in [3.05, 3.63) is 46.3 Å². The van der Waals surface area contributed by atoms with Crippen LogP contribution in [-0.4, -0.2) is 80.4 Å². The van der Waals surface area contributed by atoms with Gasteiger partial charge in [-0.05, 0) is 11.1 Å². The summed E-state index contributed by atoms with van der Waals surface area (Å²) in [5.74, 6) is -15.3. The van der Waals surface area contributed by atoms with E-state index < -0.39 is 77.9 Å². The average Bonchev–Trinajstić information content (AvgIpc) is 3.86. The molecule has 0 aromatic heterocycles. The molecule has 0 heterocycles. The van der Waals surface area contributed by atoms with E-state index in [0.29, 0.717) is 0 Å². The molecule has 0 aliphatic heterocycles. The lowest BCUT2D eigenvalue weighted by Gasteiger charge is -2.06. The fourth-order valence-corrected chi connectivity index (χ4v) is 4.44. The molecule has 0 bridgehead atoms. The summed E-state index contributed by atoms with van der Waals surface area (Å²) in [6.45, 7) is 0.842. The number of azide groups is 1. The first-order chi connectivity index (χ1) is 21.0. The van der Waals surface area contributed by atoms with Gasteiger partial charge in [-0.1, -0.05) is 35.4 Å². The molecule has 0 saturated heterocycles. The molecule has 12 nitrogen and oxygen atoms in total. The van der Waals surface area contributed by atoms with E-state index in [4.69, 9.17) is 21.1 Å². The van der Waals surface area contributed by atoms with Gasteiger partial charge in [0.05, 0.1) is 30.3 Å². The summed E-state index contributed by atoms with van der Waals surface area (Å²) in [7, 11) is 0. The zero-order chi connectivity index (χ0) is 34.0. The highest BCUT2D eigenvalue weighted by Gasteiger charge is 2.69. The number of nitrogens with zero attached hydrogens (tertiary/aromatic N) is 3. The number of nitrogens with one attached hydrogen (secondary N) is 1. The van der Waals surface area contributed by atoms with E-state index in [0.717, 1.165) is 12.5 Å². The molecule has 3 fully saturated rings. The third-order valence-corrected chi connectivity index (χ3v) is 7.50. The van der Waals surface area contributed by atoms with Crippen LogP contribution in [0.3, 0.4) is 0 Å². The lowest BCUT2D eigenvalue weighted by Crippen LogP contribution is -2.27. The first-order valence-electron chi connectivity index (χ1n) is 13.7. The molecule has 1 aromatic carbocycles. The lowest BCUT2D eigenvalue weighted by molar-refractivity contribution is -0.143. The van der Waals surface area contributed by atoms with Crippen molar-refractivity contribution in [1.29, 1.82) is 0 Å². The number of ether oxygens (including phenoxy) is 3. The summed E-state index contributed by atoms with van der Waals surface area (Å²) >= 11 is 0. The number of halogens is 6. The van der Waals surface area contributed by atoms with Gasteiger partial charge in [0.1, 0.15) is 19.8 Å². The minimum atomic E-state index is -2.89. The highest BCUT2D eigenvalue weighted by Crippen LogP contribution is 2.56. The van der Waals surface area contributed by atoms with Crippen LogP contribution in [0.1, 0.15) is 19.4 Å². The Hall–Kier alpha value is -3.76. The summed E-state index contributed by atoms with van der Waals surface area (Å²) < 4.78 is 90.8. The predicted molar refractivity (Wildman–Crippen MR) is 144 cm³/mol. The summed E-state index contributed by atoms with van der Waals surface area (Å²) in [6, 6.07) is 9.06. The smallest absolute Gasteiger partial charge is 0.407 e. The Morgan fingerprint density at radius 2 is 1.38 bits per heavy atom. The highest BCUT2D eigenvalue weighted by atomic mass is 19.3. The number of aliphatic hydroxyl groups excluding tert-OH is 1. The van der Waals surface area contributed by atoms with E-state index in [1.807, 2.05) is 18.2 Å². The number of hydrogen-bond donors (Lipinski definition) is 3. The zero-order valence-electron chi connectivity index (χ0n) is 24.4. The van der Waals surface area contributed by atoms with Gasteiger partial charge >= 0.3 is 18.0 Å². The highest BCUT2D eigenvalue weighted by molar-refractivity contribution is 5.67. The van der Waals surface area contributed by atoms with E-state index >= 15 is 0 Å². The summed E-state index contributed by atoms with van der Waals surface area (Å²) in [5, 5.41) is 14.1. The first kappa shape index (κ1) is 37.4. The van der Waals surface area contributed by atoms with Crippen LogP contribution in [0.25, 0.3) is 10.4 Å². The minimum Gasteiger partial charge on any atom is -0.465 e. The number of aliphatic hydroxyl groups is 1. The van der Waals surface area contributed by atoms with Crippen LogP contribution in [0, 0.1) is 35.5 Å². The van der Waals surface area contributed by atoms with E-state index in [1.165, 1.54) is 6.92 Å². The van der Waals surface area contributed by atoms with Crippen LogP contribution in [0.4, 0.5) is 31.1 Å². The number of alkyl halides is 6. The Morgan fingerprint density at radius 3 is 1.82 bits per heavy atom. The standard InChI is InChI=1S/C13H15F2NO3.C7H9F2N3O2.C7H11F2NO2/c14-13(15)10(11(13)7-17)6-16-12(18)19-8-9-4-2-1-3-5-9;1-4(13)14-3-6-5(2-11-12-10)7(6,8)9;1-4(11)12-3-6-5(2-10)7(6,8)9/h1-5,10-11,17H,6-8H2,(H,16,18);5-6H,2-3H2,1H3;5-6H,2-3,10H2,1H3/t10-,11-;2*5-,6-/m111/s1. The van der Waals surface area contributed by atoms with Gasteiger partial charge in [0, 0.05) is 50.2 Å². The molecule has 4 N–H and O–H groups in total. The third-order valence-electron chi connectivity index (χ3n) is 7.50. The molecular formula is C27H35F6N5O7. The van der Waals surface area contributed by atoms with Crippen LogP contribution >= 0.6 is 0 Å². The van der Waals surface area contributed by atoms with Crippen LogP contribution < -0.4 is 11.1 Å². The number of alkyl carbamates (subject to hydrolysis) is 1. The van der Waals surface area contributed by atoms with Crippen molar-refractivity contribution >= 4 is 18.0 Å². The van der Waals surface area contributed by atoms with Crippen LogP contribution in [-0.2, 0) is 30.4 Å². The first-order valence-corrected chi connectivity index (χ1v) is 13.7. The van der Waals surface area contributed by atoms with Gasteiger partial charge in [-0.3, -0.25) is 9.59 Å². The maximum absolute atomic E-state index is 13.0. The van der Waals surface area contributed by atoms with Crippen molar-refractivity contribution < 1.29 is 60.0 Å². The Balaban J connectivity index is 0.000000243. The third kappa shape index (κ3) is 10.7. The molecule has 3 aliphatic rings. The van der Waals surface area contributed by atoms with Crippen molar-refractivity contribution in [1.82, 2.24) is 5.32 Å². The van der Waals surface area contributed by atoms with E-state index in [-0.39, 0.29) is 39.5 Å². The van der Waals surface area contributed by atoms with Gasteiger partial charge in [-0.2, -0.15) is 0 Å². The zero-order valence-corrected chi connectivity index (χ0v) is 24.4. The molecule has 0 unspecified atom stereocenters. The molecular weight excluding hydrogens is 620 g/mol. The molecule has 3 saturated carbocycles. The van der Waals surface area contributed by atoms with Crippen LogP contribution in [0.5, 0.6) is 0 Å². The van der Waals surface area contributed by atoms with E-state index in [9.17, 15) is 40.7 Å². The van der Waals surface area contributed by atoms with Crippen molar-refractivity contribution in [2.24, 2.45) is 46.4 Å². The number of carbonyl (C=O) groups excluding carboxylic acids is 3. The topological polar surface area (TPSA) is 186 Å². The molecule has 18 heteroatoms. The molecule has 45 heavy (non-hydrogen) atoms. The van der Waals surface area contributed by atoms with Gasteiger partial charge in [-0.25, -0.2) is 31.1 Å². The Bertz CT molecular complexity index is 1210. The number of benzene rings is 1. The number of carbonyl (C=O) groups is 3. The maximum atomic E-state index is 13.0. The summed E-state index contributed by atoms with van der Waals surface area (Å²) in [5.41, 5.74) is 13.9. The van der Waals surface area contributed by atoms with Crippen molar-refractivity contribution in [2.45, 2.75) is 38.2 Å². The fraction of sp³-hybridized carbons (Fsp3) is 0.667. The number of hydrogen-bond acceptors (Lipinski definition) is 9. The maximum Gasteiger partial charge on any atom is 0.407 e. The Morgan fingerprint density at radius 1 is 0.867 bits per heavy atom. The molecule has 1 amide bonds. The summed E-state index contributed by atoms with van der Waals surface area (Å²) in [4.78, 5) is 34.4. The van der Waals surface area contributed by atoms with Gasteiger partial charge in [0.2, 0.25) is 0 Å². The second kappa shape index (κ2) is 16.0. The molecule has 3 aliphatic carbocycles. The fourth-order valence-electron chi connectivity index (χ4n) is 4.44. The molecule has 1 aromatic rings. The van der Waals surface area contributed by atoms with E-state index in [2.05, 4.69) is 24.8 Å². The van der Waals surface area contributed by atoms with Gasteiger partial charge in [0.15, 0.2) is 0 Å². The predicted octanol–water partition coefficient (Wildman–Crippen LogP) is 3.92. The number of esters is 2. The van der Waals surface area contributed by atoms with Gasteiger partial charge in [0.25, 0.3) is 17.8 Å². The molecule has 0 spiro atoms. The van der Waals surface area contributed by atoms with Crippen LogP contribution in [0.15, 0.2) is 35.4 Å². The number of amides is 1. The Kier molecular flexibility index (Phi) is 13.3. The van der Waals surface area contributed by atoms with Crippen molar-refractivity contribution in [2.75, 3.05) is 39.5 Å².